The van der Waals surface area contributed by atoms with Crippen molar-refractivity contribution in [3.05, 3.63) is 18.7 Å². The Morgan fingerprint density at radius 1 is 1.27 bits per heavy atom. The van der Waals surface area contributed by atoms with Crippen molar-refractivity contribution in [1.29, 1.82) is 0 Å². The fourth-order valence-corrected chi connectivity index (χ4v) is 5.83. The van der Waals surface area contributed by atoms with Crippen molar-refractivity contribution in [1.82, 2.24) is 14.9 Å². The highest BCUT2D eigenvalue weighted by Gasteiger charge is 2.50. The second-order valence-electron chi connectivity index (χ2n) is 8.14. The molecule has 22 heavy (non-hydrogen) atoms. The van der Waals surface area contributed by atoms with Gasteiger partial charge in [0, 0.05) is 18.9 Å². The lowest BCUT2D eigenvalue weighted by molar-refractivity contribution is -0.124. The van der Waals surface area contributed by atoms with Crippen LogP contribution in [0.4, 0.5) is 0 Å². The fraction of sp³-hybridized carbons (Fsp3) is 0.778. The quantitative estimate of drug-likeness (QED) is 0.908. The van der Waals surface area contributed by atoms with Crippen LogP contribution in [0.1, 0.15) is 57.9 Å². The number of hydrogen-bond donors (Lipinski definition) is 1. The molecule has 1 amide bonds. The summed E-state index contributed by atoms with van der Waals surface area (Å²) in [6.45, 7) is 2.77. The predicted octanol–water partition coefficient (Wildman–Crippen LogP) is 3.17. The summed E-state index contributed by atoms with van der Waals surface area (Å²) in [5.74, 6) is 3.09. The Morgan fingerprint density at radius 2 is 1.91 bits per heavy atom. The van der Waals surface area contributed by atoms with Gasteiger partial charge >= 0.3 is 0 Å². The predicted molar refractivity (Wildman–Crippen MR) is 85.2 cm³/mol. The first-order chi connectivity index (χ1) is 10.6. The van der Waals surface area contributed by atoms with Crippen molar-refractivity contribution in [3.63, 3.8) is 0 Å². The number of aromatic nitrogens is 2. The summed E-state index contributed by atoms with van der Waals surface area (Å²) in [5, 5.41) is 3.16. The minimum atomic E-state index is -0.168. The van der Waals surface area contributed by atoms with E-state index in [1.807, 2.05) is 17.7 Å². The van der Waals surface area contributed by atoms with Gasteiger partial charge < -0.3 is 9.88 Å². The molecule has 1 N–H and O–H groups in total. The summed E-state index contributed by atoms with van der Waals surface area (Å²) in [6, 6.07) is -0.168. The average Bonchev–Trinajstić information content (AvgIpc) is 2.98. The second-order valence-corrected chi connectivity index (χ2v) is 8.14. The van der Waals surface area contributed by atoms with Gasteiger partial charge in [-0.25, -0.2) is 4.98 Å². The molecule has 4 bridgehead atoms. The molecule has 1 atom stereocenters. The molecule has 0 radical (unpaired) electrons. The van der Waals surface area contributed by atoms with Crippen molar-refractivity contribution in [2.45, 2.75) is 57.9 Å². The SMILES string of the molecule is C[C@H](C(=O)NCCC12CC3CC(CC(C3)C1)C2)n1ccnc1. The molecule has 4 aliphatic carbocycles. The van der Waals surface area contributed by atoms with Crippen LogP contribution in [-0.4, -0.2) is 22.0 Å². The first kappa shape index (κ1) is 14.3. The number of imidazole rings is 1. The number of amides is 1. The molecule has 120 valence electrons. The van der Waals surface area contributed by atoms with Crippen LogP contribution in [0.5, 0.6) is 0 Å². The standard InChI is InChI=1S/C18H27N3O/c1-13(21-5-4-19-12-21)17(22)20-3-2-18-9-14-6-15(10-18)8-16(7-14)11-18/h4-5,12-16H,2-3,6-11H2,1H3,(H,20,22)/t13-,14?,15?,16?,18?/m1/s1. The Morgan fingerprint density at radius 3 is 2.45 bits per heavy atom. The van der Waals surface area contributed by atoms with Gasteiger partial charge in [0.1, 0.15) is 6.04 Å². The van der Waals surface area contributed by atoms with E-state index in [2.05, 4.69) is 10.3 Å². The molecule has 1 aromatic rings. The van der Waals surface area contributed by atoms with Crippen molar-refractivity contribution < 1.29 is 4.79 Å². The van der Waals surface area contributed by atoms with Gasteiger partial charge in [-0.1, -0.05) is 0 Å². The average molecular weight is 301 g/mol. The Labute approximate surface area is 132 Å². The van der Waals surface area contributed by atoms with E-state index in [1.165, 1.54) is 44.9 Å². The van der Waals surface area contributed by atoms with Gasteiger partial charge in [-0.15, -0.1) is 0 Å². The second kappa shape index (κ2) is 5.39. The van der Waals surface area contributed by atoms with E-state index in [0.29, 0.717) is 5.41 Å². The Hall–Kier alpha value is -1.32. The minimum Gasteiger partial charge on any atom is -0.354 e. The fourth-order valence-electron chi connectivity index (χ4n) is 5.83. The van der Waals surface area contributed by atoms with Crippen molar-refractivity contribution in [2.24, 2.45) is 23.2 Å². The summed E-state index contributed by atoms with van der Waals surface area (Å²) < 4.78 is 1.86. The van der Waals surface area contributed by atoms with Gasteiger partial charge in [-0.3, -0.25) is 4.79 Å². The molecule has 0 spiro atoms. The van der Waals surface area contributed by atoms with Crippen LogP contribution in [0.15, 0.2) is 18.7 Å². The normalized spacial score (nSPS) is 37.2. The lowest BCUT2D eigenvalue weighted by Gasteiger charge is -2.57. The molecular formula is C18H27N3O. The van der Waals surface area contributed by atoms with Crippen LogP contribution in [0, 0.1) is 23.2 Å². The number of hydrogen-bond acceptors (Lipinski definition) is 2. The molecule has 0 aromatic carbocycles. The van der Waals surface area contributed by atoms with Gasteiger partial charge in [0.05, 0.1) is 6.33 Å². The molecule has 0 aliphatic heterocycles. The van der Waals surface area contributed by atoms with E-state index in [9.17, 15) is 4.79 Å². The topological polar surface area (TPSA) is 46.9 Å². The van der Waals surface area contributed by atoms with Crippen LogP contribution in [0.25, 0.3) is 0 Å². The van der Waals surface area contributed by atoms with E-state index in [1.54, 1.807) is 12.5 Å². The first-order valence-electron chi connectivity index (χ1n) is 8.89. The highest BCUT2D eigenvalue weighted by atomic mass is 16.2. The minimum absolute atomic E-state index is 0.114. The van der Waals surface area contributed by atoms with Crippen molar-refractivity contribution in [3.8, 4) is 0 Å². The maximum absolute atomic E-state index is 12.3. The van der Waals surface area contributed by atoms with Crippen molar-refractivity contribution in [2.75, 3.05) is 6.54 Å². The van der Waals surface area contributed by atoms with E-state index < -0.39 is 0 Å². The zero-order chi connectivity index (χ0) is 15.2. The lowest BCUT2D eigenvalue weighted by Crippen LogP contribution is -2.47. The third kappa shape index (κ3) is 2.57. The Bertz CT molecular complexity index is 501. The van der Waals surface area contributed by atoms with Gasteiger partial charge in [0.25, 0.3) is 0 Å². The van der Waals surface area contributed by atoms with Crippen LogP contribution in [0.3, 0.4) is 0 Å². The maximum Gasteiger partial charge on any atom is 0.242 e. The number of rotatable bonds is 5. The number of nitrogens with one attached hydrogen (secondary N) is 1. The number of nitrogens with zero attached hydrogens (tertiary/aromatic N) is 2. The van der Waals surface area contributed by atoms with E-state index in [0.717, 1.165) is 24.3 Å². The monoisotopic (exact) mass is 301 g/mol. The van der Waals surface area contributed by atoms with Gasteiger partial charge in [-0.05, 0) is 75.0 Å². The van der Waals surface area contributed by atoms with Gasteiger partial charge in [0.15, 0.2) is 0 Å². The van der Waals surface area contributed by atoms with E-state index >= 15 is 0 Å². The largest absolute Gasteiger partial charge is 0.354 e. The molecule has 1 heterocycles. The molecule has 4 saturated carbocycles. The smallest absolute Gasteiger partial charge is 0.242 e. The highest BCUT2D eigenvalue weighted by Crippen LogP contribution is 2.61. The molecule has 1 aromatic heterocycles. The third-order valence-electron chi connectivity index (χ3n) is 6.47. The zero-order valence-electron chi connectivity index (χ0n) is 13.5. The van der Waals surface area contributed by atoms with Crippen LogP contribution in [-0.2, 0) is 4.79 Å². The molecular weight excluding hydrogens is 274 g/mol. The van der Waals surface area contributed by atoms with Crippen LogP contribution < -0.4 is 5.32 Å². The number of carbonyl (C=O) groups is 1. The summed E-state index contributed by atoms with van der Waals surface area (Å²) in [7, 11) is 0. The molecule has 4 aliphatic rings. The van der Waals surface area contributed by atoms with Gasteiger partial charge in [-0.2, -0.15) is 0 Å². The van der Waals surface area contributed by atoms with Crippen LogP contribution >= 0.6 is 0 Å². The molecule has 4 fully saturated rings. The Kier molecular flexibility index (Phi) is 3.50. The highest BCUT2D eigenvalue weighted by molar-refractivity contribution is 5.79. The third-order valence-corrected chi connectivity index (χ3v) is 6.47. The van der Waals surface area contributed by atoms with E-state index in [-0.39, 0.29) is 11.9 Å². The summed E-state index contributed by atoms with van der Waals surface area (Å²) in [6.07, 6.45) is 15.2. The lowest BCUT2D eigenvalue weighted by atomic mass is 9.49. The van der Waals surface area contributed by atoms with Crippen molar-refractivity contribution >= 4 is 5.91 Å². The Balaban J connectivity index is 1.31. The molecule has 0 saturated heterocycles. The molecule has 4 nitrogen and oxygen atoms in total. The van der Waals surface area contributed by atoms with Crippen LogP contribution in [0.2, 0.25) is 0 Å². The van der Waals surface area contributed by atoms with Gasteiger partial charge in [0.2, 0.25) is 5.91 Å². The zero-order valence-corrected chi connectivity index (χ0v) is 13.5. The molecule has 0 unspecified atom stereocenters. The molecule has 4 heteroatoms. The summed E-state index contributed by atoms with van der Waals surface area (Å²) >= 11 is 0. The summed E-state index contributed by atoms with van der Waals surface area (Å²) in [5.41, 5.74) is 0.556. The van der Waals surface area contributed by atoms with E-state index in [4.69, 9.17) is 0 Å². The summed E-state index contributed by atoms with van der Waals surface area (Å²) in [4.78, 5) is 16.3. The number of carbonyl (C=O) groups excluding carboxylic acids is 1. The maximum atomic E-state index is 12.3. The molecule has 5 rings (SSSR count). The first-order valence-corrected chi connectivity index (χ1v) is 8.89.